The number of benzene rings is 2. The predicted octanol–water partition coefficient (Wildman–Crippen LogP) is 7.12. The number of hydrogen-bond donors (Lipinski definition) is 0. The Kier molecular flexibility index (Phi) is 7.43. The van der Waals surface area contributed by atoms with Gasteiger partial charge in [-0.25, -0.2) is 4.79 Å². The van der Waals surface area contributed by atoms with Crippen molar-refractivity contribution in [1.82, 2.24) is 4.90 Å². The summed E-state index contributed by atoms with van der Waals surface area (Å²) in [5, 5.41) is 0. The average molecular weight is 597 g/mol. The molecule has 0 bridgehead atoms. The Morgan fingerprint density at radius 1 is 0.780 bits per heavy atom. The number of ether oxygens (including phenoxy) is 1. The summed E-state index contributed by atoms with van der Waals surface area (Å²) in [6.07, 6.45) is -17.7. The summed E-state index contributed by atoms with van der Waals surface area (Å²) in [6, 6.07) is 2.45. The standard InChI is InChI=1S/C26H25BF9NO4/c1-13-20(14-8-17(25(31,32)33)11-18(9-14)26(34,35)36)39-21(38)37(13)12-15-10-16(24(28,29)30)6-7-19(15)27-40-22(2,3)23(4,5)41-27/h6-11,13,20H,12H2,1-5H3/t13-,20-/m0/s1. The second kappa shape index (κ2) is 9.82. The molecule has 41 heavy (non-hydrogen) atoms. The molecule has 2 saturated heterocycles. The molecule has 0 aromatic heterocycles. The fourth-order valence-corrected chi connectivity index (χ4v) is 4.61. The van der Waals surface area contributed by atoms with Crippen molar-refractivity contribution in [3.8, 4) is 0 Å². The van der Waals surface area contributed by atoms with Gasteiger partial charge in [0.1, 0.15) is 6.10 Å². The number of alkyl halides is 9. The second-order valence-electron chi connectivity index (χ2n) is 11.0. The van der Waals surface area contributed by atoms with E-state index in [0.29, 0.717) is 12.1 Å². The number of carbonyl (C=O) groups excluding carboxylic acids is 1. The Hall–Kier alpha value is -2.94. The van der Waals surface area contributed by atoms with E-state index in [1.165, 1.54) is 6.92 Å². The van der Waals surface area contributed by atoms with Crippen molar-refractivity contribution in [2.75, 3.05) is 0 Å². The van der Waals surface area contributed by atoms with Crippen LogP contribution in [-0.4, -0.2) is 35.4 Å². The molecule has 2 atom stereocenters. The van der Waals surface area contributed by atoms with Crippen molar-refractivity contribution >= 4 is 18.7 Å². The predicted molar refractivity (Wildman–Crippen MR) is 128 cm³/mol. The minimum atomic E-state index is -5.13. The second-order valence-corrected chi connectivity index (χ2v) is 11.0. The van der Waals surface area contributed by atoms with E-state index < -0.39 is 83.9 Å². The zero-order valence-corrected chi connectivity index (χ0v) is 22.4. The molecule has 224 valence electrons. The molecule has 2 aliphatic rings. The summed E-state index contributed by atoms with van der Waals surface area (Å²) in [6.45, 7) is 7.70. The minimum absolute atomic E-state index is 0.0530. The van der Waals surface area contributed by atoms with Gasteiger partial charge in [0.15, 0.2) is 0 Å². The first-order chi connectivity index (χ1) is 18.5. The van der Waals surface area contributed by atoms with Gasteiger partial charge in [0.05, 0.1) is 33.9 Å². The van der Waals surface area contributed by atoms with Crippen LogP contribution < -0.4 is 5.46 Å². The summed E-state index contributed by atoms with van der Waals surface area (Å²) >= 11 is 0. The third-order valence-electron chi connectivity index (χ3n) is 7.65. The lowest BCUT2D eigenvalue weighted by Gasteiger charge is -2.32. The molecule has 2 aliphatic heterocycles. The van der Waals surface area contributed by atoms with Crippen LogP contribution in [0.4, 0.5) is 44.3 Å². The monoisotopic (exact) mass is 597 g/mol. The van der Waals surface area contributed by atoms with Crippen LogP contribution in [0.15, 0.2) is 36.4 Å². The van der Waals surface area contributed by atoms with Crippen molar-refractivity contribution in [3.63, 3.8) is 0 Å². The number of cyclic esters (lactones) is 1. The molecule has 2 aromatic rings. The Bertz CT molecular complexity index is 1290. The summed E-state index contributed by atoms with van der Waals surface area (Å²) in [5.41, 5.74) is -6.40. The molecule has 0 radical (unpaired) electrons. The number of amides is 1. The highest BCUT2D eigenvalue weighted by Crippen LogP contribution is 2.42. The minimum Gasteiger partial charge on any atom is -0.439 e. The first-order valence-corrected chi connectivity index (χ1v) is 12.3. The summed E-state index contributed by atoms with van der Waals surface area (Å²) in [5.74, 6) is 0. The van der Waals surface area contributed by atoms with Gasteiger partial charge in [-0.3, -0.25) is 4.90 Å². The zero-order valence-electron chi connectivity index (χ0n) is 22.4. The Morgan fingerprint density at radius 2 is 1.27 bits per heavy atom. The summed E-state index contributed by atoms with van der Waals surface area (Å²) < 4.78 is 138. The number of nitrogens with zero attached hydrogens (tertiary/aromatic N) is 1. The third kappa shape index (κ3) is 6.01. The molecule has 2 heterocycles. The van der Waals surface area contributed by atoms with Gasteiger partial charge >= 0.3 is 31.7 Å². The van der Waals surface area contributed by atoms with Gasteiger partial charge in [-0.2, -0.15) is 39.5 Å². The molecule has 15 heteroatoms. The molecule has 0 saturated carbocycles. The lowest BCUT2D eigenvalue weighted by Crippen LogP contribution is -2.41. The topological polar surface area (TPSA) is 48.0 Å². The maximum absolute atomic E-state index is 13.6. The van der Waals surface area contributed by atoms with E-state index in [0.717, 1.165) is 23.1 Å². The number of halogens is 9. The lowest BCUT2D eigenvalue weighted by molar-refractivity contribution is -0.143. The normalized spacial score (nSPS) is 22.8. The van der Waals surface area contributed by atoms with Crippen LogP contribution >= 0.6 is 0 Å². The van der Waals surface area contributed by atoms with Crippen LogP contribution in [0.25, 0.3) is 0 Å². The van der Waals surface area contributed by atoms with Gasteiger partial charge in [0, 0.05) is 6.54 Å². The molecule has 5 nitrogen and oxygen atoms in total. The summed E-state index contributed by atoms with van der Waals surface area (Å²) in [7, 11) is -1.13. The van der Waals surface area contributed by atoms with Crippen LogP contribution in [0.2, 0.25) is 0 Å². The highest BCUT2D eigenvalue weighted by Gasteiger charge is 2.53. The van der Waals surface area contributed by atoms with Crippen LogP contribution in [0.3, 0.4) is 0 Å². The Morgan fingerprint density at radius 3 is 1.73 bits per heavy atom. The summed E-state index contributed by atoms with van der Waals surface area (Å²) in [4.78, 5) is 13.8. The quantitative estimate of drug-likeness (QED) is 0.278. The zero-order chi connectivity index (χ0) is 30.9. The molecule has 1 amide bonds. The number of carbonyl (C=O) groups is 1. The van der Waals surface area contributed by atoms with Crippen LogP contribution in [0.1, 0.15) is 68.5 Å². The molecule has 0 spiro atoms. The van der Waals surface area contributed by atoms with E-state index >= 15 is 0 Å². The molecule has 0 N–H and O–H groups in total. The van der Waals surface area contributed by atoms with Gasteiger partial charge in [-0.1, -0.05) is 12.1 Å². The van der Waals surface area contributed by atoms with Crippen molar-refractivity contribution in [1.29, 1.82) is 0 Å². The van der Waals surface area contributed by atoms with Crippen molar-refractivity contribution in [2.45, 2.75) is 83.0 Å². The van der Waals surface area contributed by atoms with E-state index in [9.17, 15) is 44.3 Å². The molecule has 2 aromatic carbocycles. The fraction of sp³-hybridized carbons (Fsp3) is 0.500. The van der Waals surface area contributed by atoms with Crippen molar-refractivity contribution in [3.05, 3.63) is 64.2 Å². The molecule has 4 rings (SSSR count). The van der Waals surface area contributed by atoms with E-state index in [2.05, 4.69) is 0 Å². The largest absolute Gasteiger partial charge is 0.495 e. The molecule has 0 unspecified atom stereocenters. The van der Waals surface area contributed by atoms with E-state index in [1.54, 1.807) is 27.7 Å². The smallest absolute Gasteiger partial charge is 0.439 e. The van der Waals surface area contributed by atoms with Crippen LogP contribution in [-0.2, 0) is 39.1 Å². The van der Waals surface area contributed by atoms with E-state index in [1.807, 2.05) is 0 Å². The van der Waals surface area contributed by atoms with Gasteiger partial charge in [0.2, 0.25) is 0 Å². The first kappa shape index (κ1) is 31.0. The fourth-order valence-electron chi connectivity index (χ4n) is 4.61. The molecular formula is C26H25BF9NO4. The average Bonchev–Trinajstić information content (AvgIpc) is 3.21. The number of rotatable bonds is 4. The third-order valence-corrected chi connectivity index (χ3v) is 7.65. The van der Waals surface area contributed by atoms with Crippen LogP contribution in [0, 0.1) is 0 Å². The molecular weight excluding hydrogens is 572 g/mol. The van der Waals surface area contributed by atoms with E-state index in [-0.39, 0.29) is 17.1 Å². The van der Waals surface area contributed by atoms with E-state index in [4.69, 9.17) is 14.0 Å². The maximum Gasteiger partial charge on any atom is 0.495 e. The molecule has 0 aliphatic carbocycles. The lowest BCUT2D eigenvalue weighted by atomic mass is 9.75. The van der Waals surface area contributed by atoms with Gasteiger partial charge in [-0.05, 0) is 75.5 Å². The van der Waals surface area contributed by atoms with Gasteiger partial charge in [-0.15, -0.1) is 0 Å². The number of hydrogen-bond acceptors (Lipinski definition) is 4. The van der Waals surface area contributed by atoms with Gasteiger partial charge < -0.3 is 14.0 Å². The Labute approximate surface area is 229 Å². The van der Waals surface area contributed by atoms with Crippen LogP contribution in [0.5, 0.6) is 0 Å². The SMILES string of the molecule is C[C@H]1[C@@H](c2cc(C(F)(F)F)cc(C(F)(F)F)c2)OC(=O)N1Cc1cc(C(F)(F)F)ccc1B1OC(C)(C)C(C)(C)O1. The first-order valence-electron chi connectivity index (χ1n) is 12.3. The highest BCUT2D eigenvalue weighted by atomic mass is 19.4. The maximum atomic E-state index is 13.6. The highest BCUT2D eigenvalue weighted by molar-refractivity contribution is 6.62. The molecule has 2 fully saturated rings. The van der Waals surface area contributed by atoms with Crippen molar-refractivity contribution < 1.29 is 58.4 Å². The Balaban J connectivity index is 1.72. The van der Waals surface area contributed by atoms with Crippen molar-refractivity contribution in [2.24, 2.45) is 0 Å². The van der Waals surface area contributed by atoms with Gasteiger partial charge in [0.25, 0.3) is 0 Å².